The number of carbonyl (C=O) groups is 3. The predicted octanol–water partition coefficient (Wildman–Crippen LogP) is 1.48. The zero-order valence-electron chi connectivity index (χ0n) is 11.9. The molecule has 0 saturated carbocycles. The van der Waals surface area contributed by atoms with Crippen molar-refractivity contribution in [3.8, 4) is 0 Å². The Bertz CT molecular complexity index is 681. The van der Waals surface area contributed by atoms with Crippen molar-refractivity contribution in [2.75, 3.05) is 5.32 Å². The summed E-state index contributed by atoms with van der Waals surface area (Å²) in [6.07, 6.45) is 2.29. The summed E-state index contributed by atoms with van der Waals surface area (Å²) in [5.41, 5.74) is 0.776. The second-order valence-corrected chi connectivity index (χ2v) is 5.43. The smallest absolute Gasteiger partial charge is 0.310 e. The Morgan fingerprint density at radius 1 is 1.09 bits per heavy atom. The molecule has 1 amide bonds. The molecule has 3 rings (SSSR count). The Kier molecular flexibility index (Phi) is 3.54. The summed E-state index contributed by atoms with van der Waals surface area (Å²) in [4.78, 5) is 35.5. The third-order valence-electron chi connectivity index (χ3n) is 4.05. The molecule has 2 bridgehead atoms. The minimum atomic E-state index is -1.06. The zero-order valence-corrected chi connectivity index (χ0v) is 11.9. The molecule has 1 saturated heterocycles. The molecule has 1 aromatic carbocycles. The number of hydrogen-bond donors (Lipinski definition) is 2. The van der Waals surface area contributed by atoms with E-state index in [1.54, 1.807) is 36.4 Å². The number of rotatable bonds is 4. The van der Waals surface area contributed by atoms with E-state index in [0.717, 1.165) is 0 Å². The molecule has 1 fully saturated rings. The molecule has 2 aliphatic heterocycles. The number of ether oxygens (including phenoxy) is 1. The van der Waals surface area contributed by atoms with Crippen LogP contribution in [0.4, 0.5) is 5.69 Å². The third kappa shape index (κ3) is 2.31. The lowest BCUT2D eigenvalue weighted by atomic mass is 9.82. The largest absolute Gasteiger partial charge is 0.481 e. The minimum absolute atomic E-state index is 0.172. The number of carbonyl (C=O) groups excluding carboxylic acids is 2. The molecule has 6 nitrogen and oxygen atoms in total. The number of carboxylic acid groups (broad SMARTS) is 1. The Labute approximate surface area is 126 Å². The van der Waals surface area contributed by atoms with Crippen LogP contribution >= 0.6 is 0 Å². The van der Waals surface area contributed by atoms with E-state index >= 15 is 0 Å². The van der Waals surface area contributed by atoms with Crippen LogP contribution in [0, 0.1) is 11.8 Å². The van der Waals surface area contributed by atoms with E-state index in [9.17, 15) is 19.5 Å². The predicted molar refractivity (Wildman–Crippen MR) is 77.5 cm³/mol. The van der Waals surface area contributed by atoms with Gasteiger partial charge < -0.3 is 15.2 Å². The molecule has 0 unspecified atom stereocenters. The van der Waals surface area contributed by atoms with Crippen LogP contribution in [-0.4, -0.2) is 35.0 Å². The molecule has 0 aliphatic carbocycles. The van der Waals surface area contributed by atoms with Gasteiger partial charge in [0, 0.05) is 5.56 Å². The van der Waals surface area contributed by atoms with Gasteiger partial charge in [-0.05, 0) is 19.1 Å². The van der Waals surface area contributed by atoms with Crippen molar-refractivity contribution in [3.63, 3.8) is 0 Å². The maximum absolute atomic E-state index is 12.5. The highest BCUT2D eigenvalue weighted by Gasteiger charge is 2.53. The highest BCUT2D eigenvalue weighted by molar-refractivity contribution is 6.05. The number of aliphatic carboxylic acids is 1. The molecule has 2 aliphatic rings. The summed E-state index contributed by atoms with van der Waals surface area (Å²) >= 11 is 0. The molecule has 6 heteroatoms. The van der Waals surface area contributed by atoms with Gasteiger partial charge in [0.2, 0.25) is 5.91 Å². The van der Waals surface area contributed by atoms with Gasteiger partial charge in [-0.15, -0.1) is 0 Å². The second-order valence-electron chi connectivity index (χ2n) is 5.43. The molecule has 114 valence electrons. The van der Waals surface area contributed by atoms with E-state index in [1.165, 1.54) is 6.92 Å². The van der Waals surface area contributed by atoms with Crippen LogP contribution < -0.4 is 5.32 Å². The number of nitrogens with one attached hydrogen (secondary N) is 1. The first kappa shape index (κ1) is 14.5. The van der Waals surface area contributed by atoms with Crippen LogP contribution in [0.3, 0.4) is 0 Å². The first-order chi connectivity index (χ1) is 10.5. The van der Waals surface area contributed by atoms with E-state index in [-0.39, 0.29) is 5.78 Å². The highest BCUT2D eigenvalue weighted by atomic mass is 16.5. The van der Waals surface area contributed by atoms with Gasteiger partial charge in [0.1, 0.15) is 5.92 Å². The van der Waals surface area contributed by atoms with Crippen LogP contribution in [0.1, 0.15) is 17.3 Å². The number of para-hydroxylation sites is 1. The van der Waals surface area contributed by atoms with Crippen LogP contribution in [0.2, 0.25) is 0 Å². The van der Waals surface area contributed by atoms with Crippen molar-refractivity contribution in [3.05, 3.63) is 42.0 Å². The molecule has 2 N–H and O–H groups in total. The number of anilines is 1. The first-order valence-electron chi connectivity index (χ1n) is 6.96. The quantitative estimate of drug-likeness (QED) is 0.649. The van der Waals surface area contributed by atoms with Gasteiger partial charge in [-0.25, -0.2) is 0 Å². The molecule has 0 radical (unpaired) electrons. The molecule has 2 heterocycles. The fourth-order valence-electron chi connectivity index (χ4n) is 3.03. The normalized spacial score (nSPS) is 28.6. The Balaban J connectivity index is 1.85. The lowest BCUT2D eigenvalue weighted by molar-refractivity contribution is -0.145. The lowest BCUT2D eigenvalue weighted by Crippen LogP contribution is -2.39. The number of benzene rings is 1. The Morgan fingerprint density at radius 3 is 2.36 bits per heavy atom. The number of carboxylic acids is 1. The van der Waals surface area contributed by atoms with E-state index < -0.39 is 35.9 Å². The molecule has 4 atom stereocenters. The lowest BCUT2D eigenvalue weighted by Gasteiger charge is -2.21. The molecular weight excluding hydrogens is 286 g/mol. The van der Waals surface area contributed by atoms with Crippen LogP contribution in [-0.2, 0) is 14.3 Å². The van der Waals surface area contributed by atoms with Gasteiger partial charge in [-0.1, -0.05) is 24.3 Å². The summed E-state index contributed by atoms with van der Waals surface area (Å²) in [5.74, 6) is -3.38. The third-order valence-corrected chi connectivity index (χ3v) is 4.05. The Hall–Kier alpha value is -2.47. The number of fused-ring (bicyclic) bond motifs is 2. The average Bonchev–Trinajstić information content (AvgIpc) is 3.08. The van der Waals surface area contributed by atoms with Gasteiger partial charge >= 0.3 is 5.97 Å². The fraction of sp³-hybridized carbons (Fsp3) is 0.312. The molecule has 0 spiro atoms. The topological polar surface area (TPSA) is 92.7 Å². The second kappa shape index (κ2) is 5.38. The Morgan fingerprint density at radius 2 is 1.73 bits per heavy atom. The molecule has 0 aromatic heterocycles. The number of ketones is 1. The van der Waals surface area contributed by atoms with Gasteiger partial charge in [0.05, 0.1) is 23.8 Å². The van der Waals surface area contributed by atoms with E-state index in [1.807, 2.05) is 0 Å². The van der Waals surface area contributed by atoms with Gasteiger partial charge in [-0.2, -0.15) is 0 Å². The number of Topliss-reactive ketones (excluding diaryl/α,β-unsaturated/α-hetero) is 1. The van der Waals surface area contributed by atoms with E-state index in [2.05, 4.69) is 5.32 Å². The van der Waals surface area contributed by atoms with E-state index in [0.29, 0.717) is 11.3 Å². The summed E-state index contributed by atoms with van der Waals surface area (Å²) in [6, 6.07) is 6.64. The highest BCUT2D eigenvalue weighted by Crippen LogP contribution is 2.40. The van der Waals surface area contributed by atoms with Crippen LogP contribution in [0.25, 0.3) is 0 Å². The van der Waals surface area contributed by atoms with Crippen molar-refractivity contribution in [1.82, 2.24) is 0 Å². The molecular formula is C16H15NO5. The van der Waals surface area contributed by atoms with Crippen molar-refractivity contribution in [1.29, 1.82) is 0 Å². The van der Waals surface area contributed by atoms with Crippen molar-refractivity contribution in [2.45, 2.75) is 19.1 Å². The summed E-state index contributed by atoms with van der Waals surface area (Å²) in [7, 11) is 0. The monoisotopic (exact) mass is 301 g/mol. The van der Waals surface area contributed by atoms with Crippen molar-refractivity contribution < 1.29 is 24.2 Å². The van der Waals surface area contributed by atoms with Crippen molar-refractivity contribution in [2.24, 2.45) is 11.8 Å². The maximum atomic E-state index is 12.5. The summed E-state index contributed by atoms with van der Waals surface area (Å²) in [6.45, 7) is 1.41. The standard InChI is InChI=1S/C16H15NO5/c1-8(18)9-4-2-3-5-10(9)17-15(19)13-11-6-7-12(22-11)14(13)16(20)21/h2-7,11-14H,1H3,(H,17,19)(H,20,21)/t11-,12-,13-,14+/m1/s1. The van der Waals surface area contributed by atoms with Gasteiger partial charge in [-0.3, -0.25) is 14.4 Å². The number of amides is 1. The molecule has 22 heavy (non-hydrogen) atoms. The maximum Gasteiger partial charge on any atom is 0.310 e. The van der Waals surface area contributed by atoms with Gasteiger partial charge in [0.25, 0.3) is 0 Å². The van der Waals surface area contributed by atoms with Crippen molar-refractivity contribution >= 4 is 23.3 Å². The fourth-order valence-corrected chi connectivity index (χ4v) is 3.03. The molecule has 1 aromatic rings. The SMILES string of the molecule is CC(=O)c1ccccc1NC(=O)[C@H]1[C@@H](C(=O)O)[C@H]2C=C[C@H]1O2. The average molecular weight is 301 g/mol. The summed E-state index contributed by atoms with van der Waals surface area (Å²) in [5, 5.41) is 12.0. The van der Waals surface area contributed by atoms with Gasteiger partial charge in [0.15, 0.2) is 5.78 Å². The van der Waals surface area contributed by atoms with Crippen LogP contribution in [0.15, 0.2) is 36.4 Å². The van der Waals surface area contributed by atoms with E-state index in [4.69, 9.17) is 4.74 Å². The summed E-state index contributed by atoms with van der Waals surface area (Å²) < 4.78 is 5.48. The first-order valence-corrected chi connectivity index (χ1v) is 6.96. The zero-order chi connectivity index (χ0) is 15.9. The minimum Gasteiger partial charge on any atom is -0.481 e. The van der Waals surface area contributed by atoms with Crippen LogP contribution in [0.5, 0.6) is 0 Å². The number of hydrogen-bond acceptors (Lipinski definition) is 4.